The summed E-state index contributed by atoms with van der Waals surface area (Å²) in [5.41, 5.74) is 1.75. The van der Waals surface area contributed by atoms with Gasteiger partial charge in [-0.15, -0.1) is 0 Å². The van der Waals surface area contributed by atoms with Gasteiger partial charge in [-0.2, -0.15) is 13.2 Å². The molecule has 1 fully saturated rings. The maximum Gasteiger partial charge on any atom is 0.416 e. The summed E-state index contributed by atoms with van der Waals surface area (Å²) in [6, 6.07) is 11.9. The Morgan fingerprint density at radius 1 is 1.14 bits per heavy atom. The number of oxime groups is 1. The third-order valence-electron chi connectivity index (χ3n) is 6.12. The Morgan fingerprint density at radius 3 is 2.62 bits per heavy atom. The Kier molecular flexibility index (Phi) is 8.60. The van der Waals surface area contributed by atoms with Gasteiger partial charge in [-0.1, -0.05) is 23.4 Å². The van der Waals surface area contributed by atoms with Gasteiger partial charge in [0, 0.05) is 36.9 Å². The molecular formula is C27H28F3N3O4. The SMILES string of the molecule is CC(=NOCc1ccc(C(F)(F)F)cc1)c1ccc(OCC(=O)NCC2CCOCC2)c2ncccc12. The van der Waals surface area contributed by atoms with Crippen LogP contribution in [0.25, 0.3) is 10.9 Å². The topological polar surface area (TPSA) is 82.0 Å². The van der Waals surface area contributed by atoms with Gasteiger partial charge in [-0.25, -0.2) is 0 Å². The van der Waals surface area contributed by atoms with Crippen LogP contribution in [0, 0.1) is 5.92 Å². The molecule has 1 amide bonds. The van der Waals surface area contributed by atoms with Crippen molar-refractivity contribution >= 4 is 22.5 Å². The number of hydrogen-bond donors (Lipinski definition) is 1. The number of nitrogens with one attached hydrogen (secondary N) is 1. The van der Waals surface area contributed by atoms with Crippen LogP contribution >= 0.6 is 0 Å². The van der Waals surface area contributed by atoms with Gasteiger partial charge in [0.2, 0.25) is 0 Å². The lowest BCUT2D eigenvalue weighted by Gasteiger charge is -2.22. The van der Waals surface area contributed by atoms with Crippen molar-refractivity contribution < 1.29 is 32.3 Å². The molecule has 0 saturated carbocycles. The fourth-order valence-corrected chi connectivity index (χ4v) is 4.02. The largest absolute Gasteiger partial charge is 0.481 e. The van der Waals surface area contributed by atoms with Crippen molar-refractivity contribution in [3.8, 4) is 5.75 Å². The first-order chi connectivity index (χ1) is 17.8. The lowest BCUT2D eigenvalue weighted by atomic mass is 10.0. The average Bonchev–Trinajstić information content (AvgIpc) is 2.90. The number of pyridine rings is 1. The summed E-state index contributed by atoms with van der Waals surface area (Å²) in [6.07, 6.45) is -0.871. The Morgan fingerprint density at radius 2 is 1.89 bits per heavy atom. The zero-order valence-electron chi connectivity index (χ0n) is 20.4. The van der Waals surface area contributed by atoms with Gasteiger partial charge < -0.3 is 19.6 Å². The molecule has 1 aliphatic rings. The van der Waals surface area contributed by atoms with E-state index in [1.165, 1.54) is 12.1 Å². The van der Waals surface area contributed by atoms with E-state index in [1.807, 2.05) is 6.07 Å². The Bertz CT molecular complexity index is 1240. The molecule has 0 spiro atoms. The molecule has 2 heterocycles. The molecule has 0 atom stereocenters. The van der Waals surface area contributed by atoms with E-state index >= 15 is 0 Å². The Labute approximate surface area is 212 Å². The van der Waals surface area contributed by atoms with Gasteiger partial charge in [0.1, 0.15) is 17.9 Å². The van der Waals surface area contributed by atoms with Gasteiger partial charge >= 0.3 is 6.18 Å². The molecule has 3 aromatic rings. The van der Waals surface area contributed by atoms with Crippen LogP contribution in [0.3, 0.4) is 0 Å². The summed E-state index contributed by atoms with van der Waals surface area (Å²) in [5.74, 6) is 0.691. The molecule has 4 rings (SSSR count). The first kappa shape index (κ1) is 26.4. The maximum atomic E-state index is 12.7. The maximum absolute atomic E-state index is 12.7. The molecule has 0 radical (unpaired) electrons. The molecule has 2 aromatic carbocycles. The molecule has 1 N–H and O–H groups in total. The van der Waals surface area contributed by atoms with Crippen molar-refractivity contribution in [3.63, 3.8) is 0 Å². The summed E-state index contributed by atoms with van der Waals surface area (Å²) in [5, 5.41) is 7.82. The first-order valence-electron chi connectivity index (χ1n) is 12.0. The number of ether oxygens (including phenoxy) is 2. The molecule has 0 bridgehead atoms. The lowest BCUT2D eigenvalue weighted by molar-refractivity contribution is -0.137. The molecule has 0 unspecified atom stereocenters. The number of alkyl halides is 3. The molecule has 196 valence electrons. The van der Waals surface area contributed by atoms with Crippen molar-refractivity contribution in [2.45, 2.75) is 32.5 Å². The number of nitrogens with zero attached hydrogens (tertiary/aromatic N) is 2. The van der Waals surface area contributed by atoms with Crippen LogP contribution in [0.5, 0.6) is 5.75 Å². The molecule has 1 aliphatic heterocycles. The highest BCUT2D eigenvalue weighted by Crippen LogP contribution is 2.29. The van der Waals surface area contributed by atoms with E-state index in [0.29, 0.717) is 35.0 Å². The van der Waals surface area contributed by atoms with Crippen molar-refractivity contribution in [2.75, 3.05) is 26.4 Å². The van der Waals surface area contributed by atoms with E-state index in [1.54, 1.807) is 31.3 Å². The van der Waals surface area contributed by atoms with Crippen LogP contribution in [0.2, 0.25) is 0 Å². The molecule has 1 saturated heterocycles. The zero-order valence-corrected chi connectivity index (χ0v) is 20.4. The van der Waals surface area contributed by atoms with Crippen molar-refractivity contribution in [3.05, 3.63) is 71.4 Å². The predicted octanol–water partition coefficient (Wildman–Crippen LogP) is 5.12. The quantitative estimate of drug-likeness (QED) is 0.316. The number of rotatable bonds is 9. The number of carbonyl (C=O) groups is 1. The molecule has 0 aliphatic carbocycles. The Hall–Kier alpha value is -3.66. The molecule has 7 nitrogen and oxygen atoms in total. The highest BCUT2D eigenvalue weighted by atomic mass is 19.4. The Balaban J connectivity index is 1.37. The summed E-state index contributed by atoms with van der Waals surface area (Å²) in [6.45, 7) is 3.71. The second-order valence-electron chi connectivity index (χ2n) is 8.80. The van der Waals surface area contributed by atoms with Crippen molar-refractivity contribution in [1.82, 2.24) is 10.3 Å². The van der Waals surface area contributed by atoms with Crippen LogP contribution in [-0.4, -0.2) is 43.0 Å². The zero-order chi connectivity index (χ0) is 26.3. The van der Waals surface area contributed by atoms with E-state index in [-0.39, 0.29) is 19.1 Å². The standard InChI is InChI=1S/C27H28F3N3O4/c1-18(33-37-16-20-4-6-21(7-5-20)27(28,29)30)22-8-9-24(26-23(22)3-2-12-31-26)36-17-25(34)32-15-19-10-13-35-14-11-19/h2-9,12,19H,10-11,13-17H2,1H3,(H,32,34). The minimum absolute atomic E-state index is 0.0237. The van der Waals surface area contributed by atoms with Crippen LogP contribution in [0.4, 0.5) is 13.2 Å². The molecular weight excluding hydrogens is 487 g/mol. The van der Waals surface area contributed by atoms with Gasteiger partial charge in [0.15, 0.2) is 6.61 Å². The smallest absolute Gasteiger partial charge is 0.416 e. The van der Waals surface area contributed by atoms with Gasteiger partial charge in [0.05, 0.1) is 11.3 Å². The van der Waals surface area contributed by atoms with Crippen LogP contribution in [0.15, 0.2) is 59.9 Å². The van der Waals surface area contributed by atoms with Crippen LogP contribution < -0.4 is 10.1 Å². The highest BCUT2D eigenvalue weighted by molar-refractivity contribution is 6.10. The third kappa shape index (κ3) is 7.19. The van der Waals surface area contributed by atoms with E-state index in [2.05, 4.69) is 15.5 Å². The van der Waals surface area contributed by atoms with Crippen LogP contribution in [-0.2, 0) is 27.2 Å². The molecule has 10 heteroatoms. The normalized spacial score (nSPS) is 15.0. The number of benzene rings is 2. The van der Waals surface area contributed by atoms with E-state index in [9.17, 15) is 18.0 Å². The van der Waals surface area contributed by atoms with Gasteiger partial charge in [-0.05, 0) is 61.6 Å². The number of amides is 1. The highest BCUT2D eigenvalue weighted by Gasteiger charge is 2.29. The number of hydrogen-bond acceptors (Lipinski definition) is 6. The lowest BCUT2D eigenvalue weighted by Crippen LogP contribution is -2.35. The number of fused-ring (bicyclic) bond motifs is 1. The van der Waals surface area contributed by atoms with Crippen molar-refractivity contribution in [1.29, 1.82) is 0 Å². The van der Waals surface area contributed by atoms with Gasteiger partial charge in [0.25, 0.3) is 5.91 Å². The van der Waals surface area contributed by atoms with E-state index in [0.717, 1.165) is 49.1 Å². The predicted molar refractivity (Wildman–Crippen MR) is 132 cm³/mol. The van der Waals surface area contributed by atoms with E-state index < -0.39 is 11.7 Å². The summed E-state index contributed by atoms with van der Waals surface area (Å²) in [7, 11) is 0. The monoisotopic (exact) mass is 515 g/mol. The second-order valence-corrected chi connectivity index (χ2v) is 8.80. The first-order valence-corrected chi connectivity index (χ1v) is 12.0. The van der Waals surface area contributed by atoms with Crippen molar-refractivity contribution in [2.24, 2.45) is 11.1 Å². The third-order valence-corrected chi connectivity index (χ3v) is 6.12. The number of halogens is 3. The molecule has 37 heavy (non-hydrogen) atoms. The second kappa shape index (κ2) is 12.1. The van der Waals surface area contributed by atoms with Crippen LogP contribution in [0.1, 0.15) is 36.5 Å². The summed E-state index contributed by atoms with van der Waals surface area (Å²) < 4.78 is 49.3. The van der Waals surface area contributed by atoms with E-state index in [4.69, 9.17) is 14.3 Å². The fourth-order valence-electron chi connectivity index (χ4n) is 4.02. The summed E-state index contributed by atoms with van der Waals surface area (Å²) >= 11 is 0. The minimum Gasteiger partial charge on any atom is -0.481 e. The minimum atomic E-state index is -4.38. The number of aromatic nitrogens is 1. The van der Waals surface area contributed by atoms with Gasteiger partial charge in [-0.3, -0.25) is 9.78 Å². The fraction of sp³-hybridized carbons (Fsp3) is 0.370. The summed E-state index contributed by atoms with van der Waals surface area (Å²) in [4.78, 5) is 22.1. The average molecular weight is 516 g/mol. The molecule has 1 aromatic heterocycles. The number of carbonyl (C=O) groups excluding carboxylic acids is 1.